The Hall–Kier alpha value is -1.79. The lowest BCUT2D eigenvalue weighted by molar-refractivity contribution is 0.172. The van der Waals surface area contributed by atoms with Crippen LogP contribution in [0.4, 0.5) is 0 Å². The van der Waals surface area contributed by atoms with Crippen LogP contribution < -0.4 is 15.4 Å². The highest BCUT2D eigenvalue weighted by Crippen LogP contribution is 2.21. The summed E-state index contributed by atoms with van der Waals surface area (Å²) in [6, 6.07) is 6.18. The van der Waals surface area contributed by atoms with Crippen LogP contribution in [0.5, 0.6) is 5.75 Å². The smallest absolute Gasteiger partial charge is 0.191 e. The maximum Gasteiger partial charge on any atom is 0.191 e. The van der Waals surface area contributed by atoms with Gasteiger partial charge in [-0.2, -0.15) is 0 Å². The predicted octanol–water partition coefficient (Wildman–Crippen LogP) is 2.09. The van der Waals surface area contributed by atoms with Crippen LogP contribution in [0, 0.1) is 12.8 Å². The zero-order valence-electron chi connectivity index (χ0n) is 16.0. The van der Waals surface area contributed by atoms with Gasteiger partial charge in [-0.25, -0.2) is 4.99 Å². The molecule has 0 radical (unpaired) electrons. The predicted molar refractivity (Wildman–Crippen MR) is 102 cm³/mol. The third-order valence-electron chi connectivity index (χ3n) is 3.65. The van der Waals surface area contributed by atoms with E-state index in [0.717, 1.165) is 35.8 Å². The summed E-state index contributed by atoms with van der Waals surface area (Å²) in [7, 11) is 1.69. The minimum Gasteiger partial charge on any atom is -0.493 e. The molecule has 0 aliphatic rings. The van der Waals surface area contributed by atoms with E-state index >= 15 is 0 Å². The first-order chi connectivity index (χ1) is 12.1. The molecule has 0 fully saturated rings. The van der Waals surface area contributed by atoms with E-state index in [0.29, 0.717) is 26.3 Å². The Kier molecular flexibility index (Phi) is 10.7. The number of methoxy groups -OCH3 is 1. The molecule has 6 nitrogen and oxygen atoms in total. The standard InChI is InChI=1S/C19H33N3O3/c1-5-20-19(21-12-16(3)14-23)22-13-17-8-7-15(2)11-18(17)25-10-6-9-24-4/h7-8,11,16,23H,5-6,9-10,12-14H2,1-4H3,(H2,20,21,22). The van der Waals surface area contributed by atoms with Gasteiger partial charge in [0.1, 0.15) is 5.75 Å². The highest BCUT2D eigenvalue weighted by atomic mass is 16.5. The van der Waals surface area contributed by atoms with Crippen LogP contribution in [-0.2, 0) is 11.3 Å². The fourth-order valence-electron chi connectivity index (χ4n) is 2.15. The van der Waals surface area contributed by atoms with Crippen molar-refractivity contribution in [2.75, 3.05) is 40.0 Å². The van der Waals surface area contributed by atoms with Crippen LogP contribution in [0.15, 0.2) is 23.2 Å². The third-order valence-corrected chi connectivity index (χ3v) is 3.65. The highest BCUT2D eigenvalue weighted by Gasteiger charge is 2.06. The summed E-state index contributed by atoms with van der Waals surface area (Å²) in [5.74, 6) is 1.80. The largest absolute Gasteiger partial charge is 0.493 e. The molecule has 142 valence electrons. The van der Waals surface area contributed by atoms with Crippen LogP contribution in [0.1, 0.15) is 31.4 Å². The summed E-state index contributed by atoms with van der Waals surface area (Å²) in [6.45, 7) is 9.54. The molecular formula is C19H33N3O3. The van der Waals surface area contributed by atoms with Gasteiger partial charge in [0.05, 0.1) is 13.2 Å². The normalized spacial score (nSPS) is 12.8. The molecular weight excluding hydrogens is 318 g/mol. The molecule has 0 bridgehead atoms. The van der Waals surface area contributed by atoms with Crippen molar-refractivity contribution in [1.82, 2.24) is 10.6 Å². The number of ether oxygens (including phenoxy) is 2. The minimum atomic E-state index is 0.157. The SMILES string of the molecule is CCNC(=NCc1ccc(C)cc1OCCCOC)NCC(C)CO. The van der Waals surface area contributed by atoms with E-state index in [9.17, 15) is 0 Å². The van der Waals surface area contributed by atoms with Gasteiger partial charge in [-0.15, -0.1) is 0 Å². The van der Waals surface area contributed by atoms with Gasteiger partial charge in [0.2, 0.25) is 0 Å². The van der Waals surface area contributed by atoms with Gasteiger partial charge in [0, 0.05) is 45.4 Å². The van der Waals surface area contributed by atoms with Crippen LogP contribution in [-0.4, -0.2) is 51.1 Å². The summed E-state index contributed by atoms with van der Waals surface area (Å²) >= 11 is 0. The summed E-state index contributed by atoms with van der Waals surface area (Å²) in [4.78, 5) is 4.63. The molecule has 0 spiro atoms. The Labute approximate surface area is 151 Å². The number of rotatable bonds is 11. The molecule has 6 heteroatoms. The Morgan fingerprint density at radius 2 is 2.08 bits per heavy atom. The molecule has 1 atom stereocenters. The molecule has 0 amide bonds. The maximum atomic E-state index is 9.14. The number of aryl methyl sites for hydroxylation is 1. The first kappa shape index (κ1) is 21.3. The first-order valence-electron chi connectivity index (χ1n) is 8.95. The van der Waals surface area contributed by atoms with E-state index in [1.807, 2.05) is 19.9 Å². The summed E-state index contributed by atoms with van der Waals surface area (Å²) in [5.41, 5.74) is 2.21. The summed E-state index contributed by atoms with van der Waals surface area (Å²) < 4.78 is 11.0. The Morgan fingerprint density at radius 3 is 2.76 bits per heavy atom. The number of aliphatic hydroxyl groups excluding tert-OH is 1. The van der Waals surface area contributed by atoms with Gasteiger partial charge in [-0.05, 0) is 31.4 Å². The van der Waals surface area contributed by atoms with Crippen LogP contribution in [0.2, 0.25) is 0 Å². The molecule has 1 aromatic rings. The number of hydrogen-bond acceptors (Lipinski definition) is 4. The number of benzene rings is 1. The van der Waals surface area contributed by atoms with Crippen molar-refractivity contribution in [2.45, 2.75) is 33.7 Å². The quantitative estimate of drug-likeness (QED) is 0.323. The van der Waals surface area contributed by atoms with Gasteiger partial charge in [0.15, 0.2) is 5.96 Å². The van der Waals surface area contributed by atoms with Gasteiger partial charge < -0.3 is 25.2 Å². The molecule has 1 rings (SSSR count). The average Bonchev–Trinajstić information content (AvgIpc) is 2.61. The molecule has 25 heavy (non-hydrogen) atoms. The zero-order valence-corrected chi connectivity index (χ0v) is 16.0. The van der Waals surface area contributed by atoms with Crippen molar-refractivity contribution in [2.24, 2.45) is 10.9 Å². The average molecular weight is 351 g/mol. The number of guanidine groups is 1. The van der Waals surface area contributed by atoms with Crippen molar-refractivity contribution >= 4 is 5.96 Å². The summed E-state index contributed by atoms with van der Waals surface area (Å²) in [6.07, 6.45) is 0.858. The Morgan fingerprint density at radius 1 is 1.28 bits per heavy atom. The lowest BCUT2D eigenvalue weighted by Crippen LogP contribution is -2.39. The second-order valence-electron chi connectivity index (χ2n) is 6.17. The molecule has 1 unspecified atom stereocenters. The fourth-order valence-corrected chi connectivity index (χ4v) is 2.15. The number of hydrogen-bond donors (Lipinski definition) is 3. The molecule has 0 saturated heterocycles. The minimum absolute atomic E-state index is 0.157. The molecule has 0 aliphatic heterocycles. The third kappa shape index (κ3) is 8.74. The monoisotopic (exact) mass is 351 g/mol. The molecule has 3 N–H and O–H groups in total. The van der Waals surface area contributed by atoms with Crippen molar-refractivity contribution in [1.29, 1.82) is 0 Å². The van der Waals surface area contributed by atoms with Crippen molar-refractivity contribution < 1.29 is 14.6 Å². The van der Waals surface area contributed by atoms with Gasteiger partial charge >= 0.3 is 0 Å². The number of nitrogens with zero attached hydrogens (tertiary/aromatic N) is 1. The maximum absolute atomic E-state index is 9.14. The topological polar surface area (TPSA) is 75.1 Å². The van der Waals surface area contributed by atoms with E-state index < -0.39 is 0 Å². The van der Waals surface area contributed by atoms with E-state index in [1.165, 1.54) is 0 Å². The number of aliphatic hydroxyl groups is 1. The van der Waals surface area contributed by atoms with Crippen LogP contribution in [0.3, 0.4) is 0 Å². The molecule has 1 aromatic carbocycles. The van der Waals surface area contributed by atoms with E-state index in [4.69, 9.17) is 14.6 Å². The second-order valence-corrected chi connectivity index (χ2v) is 6.17. The summed E-state index contributed by atoms with van der Waals surface area (Å²) in [5, 5.41) is 15.6. The van der Waals surface area contributed by atoms with E-state index in [-0.39, 0.29) is 12.5 Å². The number of aliphatic imine (C=N–C) groups is 1. The highest BCUT2D eigenvalue weighted by molar-refractivity contribution is 5.79. The van der Waals surface area contributed by atoms with Gasteiger partial charge in [-0.1, -0.05) is 19.1 Å². The van der Waals surface area contributed by atoms with Crippen LogP contribution in [0.25, 0.3) is 0 Å². The molecule has 0 aliphatic carbocycles. The van der Waals surface area contributed by atoms with Crippen molar-refractivity contribution in [3.63, 3.8) is 0 Å². The van der Waals surface area contributed by atoms with E-state index in [2.05, 4.69) is 34.7 Å². The molecule has 0 heterocycles. The Balaban J connectivity index is 2.73. The van der Waals surface area contributed by atoms with Crippen molar-refractivity contribution in [3.8, 4) is 5.75 Å². The molecule has 0 saturated carbocycles. The lowest BCUT2D eigenvalue weighted by Gasteiger charge is -2.15. The van der Waals surface area contributed by atoms with E-state index in [1.54, 1.807) is 7.11 Å². The Bertz CT molecular complexity index is 521. The number of nitrogens with one attached hydrogen (secondary N) is 2. The first-order valence-corrected chi connectivity index (χ1v) is 8.95. The van der Waals surface area contributed by atoms with Crippen molar-refractivity contribution in [3.05, 3.63) is 29.3 Å². The van der Waals surface area contributed by atoms with Gasteiger partial charge in [-0.3, -0.25) is 0 Å². The zero-order chi connectivity index (χ0) is 18.5. The van der Waals surface area contributed by atoms with Crippen LogP contribution >= 0.6 is 0 Å². The molecule has 0 aromatic heterocycles. The fraction of sp³-hybridized carbons (Fsp3) is 0.632. The van der Waals surface area contributed by atoms with Gasteiger partial charge in [0.25, 0.3) is 0 Å². The lowest BCUT2D eigenvalue weighted by atomic mass is 10.1. The second kappa shape index (κ2) is 12.6.